The van der Waals surface area contributed by atoms with Crippen LogP contribution in [0, 0.1) is 18.8 Å². The number of nitrogens with one attached hydrogen (secondary N) is 1. The molecule has 3 heteroatoms. The first-order valence-corrected chi connectivity index (χ1v) is 7.31. The average molecular weight is 297 g/mol. The number of hydrogen-bond donors (Lipinski definition) is 1. The normalized spacial score (nSPS) is 24.6. The largest absolute Gasteiger partial charge is 0.383 e. The van der Waals surface area contributed by atoms with Crippen LogP contribution >= 0.6 is 15.9 Å². The van der Waals surface area contributed by atoms with Gasteiger partial charge in [-0.1, -0.05) is 19.8 Å². The lowest BCUT2D eigenvalue weighted by atomic mass is 9.82. The van der Waals surface area contributed by atoms with Crippen LogP contribution in [-0.2, 0) is 0 Å². The topological polar surface area (TPSA) is 24.9 Å². The van der Waals surface area contributed by atoms with E-state index in [4.69, 9.17) is 0 Å². The number of hydrogen-bond acceptors (Lipinski definition) is 2. The van der Waals surface area contributed by atoms with E-state index in [1.54, 1.807) is 0 Å². The zero-order valence-corrected chi connectivity index (χ0v) is 12.3. The van der Waals surface area contributed by atoms with Gasteiger partial charge in [0.25, 0.3) is 0 Å². The summed E-state index contributed by atoms with van der Waals surface area (Å²) in [4.78, 5) is 4.41. The second-order valence-electron chi connectivity index (χ2n) is 5.29. The van der Waals surface area contributed by atoms with Crippen molar-refractivity contribution in [3.05, 3.63) is 22.4 Å². The smallest absolute Gasteiger partial charge is 0.106 e. The second-order valence-corrected chi connectivity index (χ2v) is 6.10. The molecule has 0 spiro atoms. The quantitative estimate of drug-likeness (QED) is 0.837. The van der Waals surface area contributed by atoms with Crippen LogP contribution in [0.5, 0.6) is 0 Å². The summed E-state index contributed by atoms with van der Waals surface area (Å²) in [5, 5.41) is 3.55. The molecule has 1 saturated carbocycles. The number of pyridine rings is 1. The minimum absolute atomic E-state index is 0.835. The Morgan fingerprint density at radius 2 is 2.24 bits per heavy atom. The zero-order chi connectivity index (χ0) is 12.3. The highest BCUT2D eigenvalue weighted by Crippen LogP contribution is 2.29. The maximum Gasteiger partial charge on any atom is 0.106 e. The van der Waals surface area contributed by atoms with Crippen LogP contribution < -0.4 is 5.32 Å². The third-order valence-electron chi connectivity index (χ3n) is 3.68. The molecule has 1 N–H and O–H groups in total. The predicted octanol–water partition coefficient (Wildman–Crippen LogP) is 4.39. The average Bonchev–Trinajstić information content (AvgIpc) is 2.28. The van der Waals surface area contributed by atoms with Gasteiger partial charge in [-0.05, 0) is 59.7 Å². The zero-order valence-electron chi connectivity index (χ0n) is 10.7. The molecule has 1 aromatic rings. The predicted molar refractivity (Wildman–Crippen MR) is 76.3 cm³/mol. The van der Waals surface area contributed by atoms with Crippen LogP contribution in [0.4, 0.5) is 5.69 Å². The van der Waals surface area contributed by atoms with E-state index in [9.17, 15) is 0 Å². The van der Waals surface area contributed by atoms with E-state index in [1.165, 1.54) is 31.4 Å². The second kappa shape index (κ2) is 5.85. The fourth-order valence-corrected chi connectivity index (χ4v) is 3.11. The fraction of sp³-hybridized carbons (Fsp3) is 0.643. The number of anilines is 1. The molecule has 1 aromatic heterocycles. The van der Waals surface area contributed by atoms with Crippen molar-refractivity contribution in [2.24, 2.45) is 11.8 Å². The summed E-state index contributed by atoms with van der Waals surface area (Å²) in [6.07, 6.45) is 5.55. The molecule has 1 heterocycles. The third kappa shape index (κ3) is 3.70. The van der Waals surface area contributed by atoms with Crippen LogP contribution in [0.25, 0.3) is 0 Å². The standard InChI is InChI=1S/C14H21BrN2/c1-10-4-3-5-12(8-10)9-16-13-6-7-14(15)17-11(13)2/h6-7,10,12,16H,3-5,8-9H2,1-2H3. The molecule has 1 aliphatic rings. The van der Waals surface area contributed by atoms with Crippen molar-refractivity contribution in [1.29, 1.82) is 0 Å². The summed E-state index contributed by atoms with van der Waals surface area (Å²) >= 11 is 3.39. The summed E-state index contributed by atoms with van der Waals surface area (Å²) in [6, 6.07) is 4.11. The molecule has 1 fully saturated rings. The molecule has 0 saturated heterocycles. The highest BCUT2D eigenvalue weighted by molar-refractivity contribution is 9.10. The Hall–Kier alpha value is -0.570. The molecule has 0 bridgehead atoms. The van der Waals surface area contributed by atoms with Gasteiger partial charge in [-0.2, -0.15) is 0 Å². The van der Waals surface area contributed by atoms with Gasteiger partial charge < -0.3 is 5.32 Å². The van der Waals surface area contributed by atoms with Crippen molar-refractivity contribution in [3.8, 4) is 0 Å². The molecule has 0 aromatic carbocycles. The molecule has 2 unspecified atom stereocenters. The molecule has 2 atom stereocenters. The van der Waals surface area contributed by atoms with Crippen LogP contribution in [0.3, 0.4) is 0 Å². The monoisotopic (exact) mass is 296 g/mol. The van der Waals surface area contributed by atoms with Gasteiger partial charge >= 0.3 is 0 Å². The van der Waals surface area contributed by atoms with Crippen LogP contribution in [-0.4, -0.2) is 11.5 Å². The summed E-state index contributed by atoms with van der Waals surface area (Å²) < 4.78 is 0.909. The van der Waals surface area contributed by atoms with Gasteiger partial charge in [-0.3, -0.25) is 0 Å². The summed E-state index contributed by atoms with van der Waals surface area (Å²) in [7, 11) is 0. The molecule has 2 rings (SSSR count). The molecule has 2 nitrogen and oxygen atoms in total. The van der Waals surface area contributed by atoms with E-state index in [1.807, 2.05) is 6.07 Å². The van der Waals surface area contributed by atoms with Gasteiger partial charge in [0.05, 0.1) is 11.4 Å². The third-order valence-corrected chi connectivity index (χ3v) is 4.12. The van der Waals surface area contributed by atoms with Crippen molar-refractivity contribution >= 4 is 21.6 Å². The number of aryl methyl sites for hydroxylation is 1. The van der Waals surface area contributed by atoms with Crippen LogP contribution in [0.2, 0.25) is 0 Å². The van der Waals surface area contributed by atoms with Crippen molar-refractivity contribution < 1.29 is 0 Å². The first-order chi connectivity index (χ1) is 8.15. The Morgan fingerprint density at radius 3 is 2.94 bits per heavy atom. The summed E-state index contributed by atoms with van der Waals surface area (Å²) in [6.45, 7) is 5.52. The van der Waals surface area contributed by atoms with Gasteiger partial charge in [-0.25, -0.2) is 4.98 Å². The SMILES string of the molecule is Cc1nc(Br)ccc1NCC1CCCC(C)C1. The Labute approximate surface area is 112 Å². The first-order valence-electron chi connectivity index (χ1n) is 6.52. The van der Waals surface area contributed by atoms with Gasteiger partial charge in [-0.15, -0.1) is 0 Å². The molecular formula is C14H21BrN2. The van der Waals surface area contributed by atoms with Crippen molar-refractivity contribution in [2.75, 3.05) is 11.9 Å². The molecule has 94 valence electrons. The van der Waals surface area contributed by atoms with Crippen molar-refractivity contribution in [3.63, 3.8) is 0 Å². The minimum atomic E-state index is 0.835. The first kappa shape index (κ1) is 12.9. The fourth-order valence-electron chi connectivity index (χ4n) is 2.72. The lowest BCUT2D eigenvalue weighted by Crippen LogP contribution is -2.21. The van der Waals surface area contributed by atoms with E-state index in [0.717, 1.165) is 28.7 Å². The Bertz CT molecular complexity index is 378. The van der Waals surface area contributed by atoms with Crippen LogP contribution in [0.1, 0.15) is 38.3 Å². The molecule has 0 aliphatic heterocycles. The minimum Gasteiger partial charge on any atom is -0.383 e. The highest BCUT2D eigenvalue weighted by atomic mass is 79.9. The van der Waals surface area contributed by atoms with E-state index >= 15 is 0 Å². The number of halogens is 1. The highest BCUT2D eigenvalue weighted by Gasteiger charge is 2.18. The molecular weight excluding hydrogens is 276 g/mol. The molecule has 17 heavy (non-hydrogen) atoms. The van der Waals surface area contributed by atoms with E-state index in [2.05, 4.69) is 46.1 Å². The Balaban J connectivity index is 1.88. The number of aromatic nitrogens is 1. The van der Waals surface area contributed by atoms with Gasteiger partial charge in [0.15, 0.2) is 0 Å². The van der Waals surface area contributed by atoms with E-state index in [0.29, 0.717) is 0 Å². The van der Waals surface area contributed by atoms with Crippen LogP contribution in [0.15, 0.2) is 16.7 Å². The Kier molecular flexibility index (Phi) is 4.43. The molecule has 0 amide bonds. The van der Waals surface area contributed by atoms with Gasteiger partial charge in [0.1, 0.15) is 4.60 Å². The van der Waals surface area contributed by atoms with Gasteiger partial charge in [0.2, 0.25) is 0 Å². The van der Waals surface area contributed by atoms with E-state index in [-0.39, 0.29) is 0 Å². The number of nitrogens with zero attached hydrogens (tertiary/aromatic N) is 1. The Morgan fingerprint density at radius 1 is 1.41 bits per heavy atom. The van der Waals surface area contributed by atoms with Gasteiger partial charge in [0, 0.05) is 6.54 Å². The lowest BCUT2D eigenvalue weighted by Gasteiger charge is -2.27. The van der Waals surface area contributed by atoms with Crippen molar-refractivity contribution in [2.45, 2.75) is 39.5 Å². The maximum atomic E-state index is 4.41. The number of rotatable bonds is 3. The molecule has 1 aliphatic carbocycles. The maximum absolute atomic E-state index is 4.41. The van der Waals surface area contributed by atoms with Crippen molar-refractivity contribution in [1.82, 2.24) is 4.98 Å². The summed E-state index contributed by atoms with van der Waals surface area (Å²) in [5.74, 6) is 1.74. The lowest BCUT2D eigenvalue weighted by molar-refractivity contribution is 0.293. The molecule has 0 radical (unpaired) electrons. The van der Waals surface area contributed by atoms with E-state index < -0.39 is 0 Å². The summed E-state index contributed by atoms with van der Waals surface area (Å²) in [5.41, 5.74) is 2.25.